The largest absolute Gasteiger partial charge is 0.444 e. The number of ether oxygens (including phenoxy) is 2. The highest BCUT2D eigenvalue weighted by Crippen LogP contribution is 2.39. The number of piperidine rings is 1. The lowest BCUT2D eigenvalue weighted by Crippen LogP contribution is -2.60. The maximum absolute atomic E-state index is 12.8. The second-order valence-electron chi connectivity index (χ2n) is 8.79. The Morgan fingerprint density at radius 1 is 1.34 bits per heavy atom. The highest BCUT2D eigenvalue weighted by Gasteiger charge is 2.44. The van der Waals surface area contributed by atoms with E-state index in [0.717, 1.165) is 42.5 Å². The fraction of sp³-hybridized carbons (Fsp3) is 0.591. The van der Waals surface area contributed by atoms with Crippen molar-refractivity contribution in [2.75, 3.05) is 13.2 Å². The molecule has 0 radical (unpaired) electrons. The Hall–Kier alpha value is -1.92. The van der Waals surface area contributed by atoms with E-state index in [1.807, 2.05) is 37.8 Å². The van der Waals surface area contributed by atoms with Crippen LogP contribution < -0.4 is 0 Å². The molecule has 1 amide bonds. The van der Waals surface area contributed by atoms with Gasteiger partial charge >= 0.3 is 6.09 Å². The van der Waals surface area contributed by atoms with Crippen molar-refractivity contribution >= 4 is 23.3 Å². The van der Waals surface area contributed by atoms with E-state index in [4.69, 9.17) is 21.1 Å². The molecule has 1 aromatic rings. The molecule has 7 heteroatoms. The van der Waals surface area contributed by atoms with E-state index >= 15 is 0 Å². The van der Waals surface area contributed by atoms with Gasteiger partial charge in [-0.15, -0.1) is 16.8 Å². The molecule has 158 valence electrons. The van der Waals surface area contributed by atoms with Gasteiger partial charge in [0.1, 0.15) is 5.60 Å². The average Bonchev–Trinajstić information content (AvgIpc) is 2.63. The molecule has 3 heterocycles. The molecule has 2 atom stereocenters. The van der Waals surface area contributed by atoms with Crippen molar-refractivity contribution in [1.82, 2.24) is 15.1 Å². The van der Waals surface area contributed by atoms with Crippen LogP contribution in [-0.2, 0) is 15.9 Å². The number of hydrogen-bond acceptors (Lipinski definition) is 5. The molecule has 6 nitrogen and oxygen atoms in total. The van der Waals surface area contributed by atoms with E-state index < -0.39 is 5.60 Å². The Bertz CT molecular complexity index is 776. The molecule has 0 spiro atoms. The minimum absolute atomic E-state index is 0.0315. The van der Waals surface area contributed by atoms with E-state index in [1.165, 1.54) is 0 Å². The molecule has 0 N–H and O–H groups in total. The van der Waals surface area contributed by atoms with Crippen LogP contribution in [0.3, 0.4) is 0 Å². The Kier molecular flexibility index (Phi) is 6.64. The first kappa shape index (κ1) is 21.8. The lowest BCUT2D eigenvalue weighted by molar-refractivity contribution is -0.0844. The van der Waals surface area contributed by atoms with Gasteiger partial charge in [-0.05, 0) is 69.6 Å². The van der Waals surface area contributed by atoms with Crippen LogP contribution in [0.2, 0.25) is 5.15 Å². The van der Waals surface area contributed by atoms with Crippen LogP contribution in [0.5, 0.6) is 0 Å². The third-order valence-electron chi connectivity index (χ3n) is 5.38. The number of nitrogens with zero attached hydrogens (tertiary/aromatic N) is 3. The molecule has 1 aromatic heterocycles. The van der Waals surface area contributed by atoms with Crippen LogP contribution in [0.1, 0.15) is 51.3 Å². The fourth-order valence-electron chi connectivity index (χ4n) is 4.13. The lowest BCUT2D eigenvalue weighted by Gasteiger charge is -2.48. The van der Waals surface area contributed by atoms with Crippen LogP contribution in [0, 0.1) is 5.92 Å². The topological polar surface area (TPSA) is 64.6 Å². The summed E-state index contributed by atoms with van der Waals surface area (Å²) in [4.78, 5) is 14.6. The summed E-state index contributed by atoms with van der Waals surface area (Å²) in [5.74, 6) is 0.200. The Morgan fingerprint density at radius 2 is 2.00 bits per heavy atom. The summed E-state index contributed by atoms with van der Waals surface area (Å²) < 4.78 is 11.4. The van der Waals surface area contributed by atoms with Gasteiger partial charge in [0.05, 0.1) is 31.0 Å². The van der Waals surface area contributed by atoms with E-state index in [-0.39, 0.29) is 24.1 Å². The number of fused-ring (bicyclic) bond motifs is 2. The third kappa shape index (κ3) is 5.17. The van der Waals surface area contributed by atoms with Crippen LogP contribution in [0.25, 0.3) is 5.57 Å². The quantitative estimate of drug-likeness (QED) is 0.648. The van der Waals surface area contributed by atoms with E-state index in [9.17, 15) is 4.79 Å². The van der Waals surface area contributed by atoms with Crippen molar-refractivity contribution in [3.63, 3.8) is 0 Å². The van der Waals surface area contributed by atoms with E-state index in [2.05, 4.69) is 23.4 Å². The predicted molar refractivity (Wildman–Crippen MR) is 114 cm³/mol. The highest BCUT2D eigenvalue weighted by molar-refractivity contribution is 6.29. The number of carbonyl (C=O) groups is 1. The number of rotatable bonds is 5. The van der Waals surface area contributed by atoms with Gasteiger partial charge in [-0.2, -0.15) is 0 Å². The average molecular weight is 420 g/mol. The van der Waals surface area contributed by atoms with Gasteiger partial charge in [-0.1, -0.05) is 24.3 Å². The van der Waals surface area contributed by atoms with Gasteiger partial charge in [0.2, 0.25) is 0 Å². The van der Waals surface area contributed by atoms with Crippen molar-refractivity contribution in [2.24, 2.45) is 5.92 Å². The number of carbonyl (C=O) groups excluding carboxylic acids is 1. The van der Waals surface area contributed by atoms with E-state index in [1.54, 1.807) is 0 Å². The van der Waals surface area contributed by atoms with Gasteiger partial charge in [0.25, 0.3) is 0 Å². The number of morpholine rings is 1. The molecule has 0 saturated carbocycles. The van der Waals surface area contributed by atoms with E-state index in [0.29, 0.717) is 18.4 Å². The molecule has 2 saturated heterocycles. The first-order valence-corrected chi connectivity index (χ1v) is 10.5. The first-order chi connectivity index (χ1) is 13.7. The molecule has 2 bridgehead atoms. The van der Waals surface area contributed by atoms with Crippen LogP contribution in [0.15, 0.2) is 25.3 Å². The van der Waals surface area contributed by atoms with Gasteiger partial charge < -0.3 is 9.47 Å². The second-order valence-corrected chi connectivity index (χ2v) is 9.18. The summed E-state index contributed by atoms with van der Waals surface area (Å²) in [6.45, 7) is 14.8. The van der Waals surface area contributed by atoms with Crippen LogP contribution in [0.4, 0.5) is 4.79 Å². The monoisotopic (exact) mass is 419 g/mol. The van der Waals surface area contributed by atoms with Crippen molar-refractivity contribution < 1.29 is 14.3 Å². The minimum Gasteiger partial charge on any atom is -0.444 e. The third-order valence-corrected chi connectivity index (χ3v) is 5.57. The molecule has 2 aliphatic rings. The van der Waals surface area contributed by atoms with Crippen molar-refractivity contribution in [1.29, 1.82) is 0 Å². The standard InChI is InChI=1S/C22H30ClN3O3/c1-6-7-8-15-11-19(23)24-25-20(15)14(2)16-9-17-12-28-13-18(10-16)26(17)21(27)29-22(3,4)5/h6,11,16-18H,1-2,7-10,12-13H2,3-5H3. The molecule has 2 fully saturated rings. The number of halogens is 1. The molecular formula is C22H30ClN3O3. The number of amides is 1. The number of aryl methyl sites for hydroxylation is 1. The first-order valence-electron chi connectivity index (χ1n) is 10.1. The summed E-state index contributed by atoms with van der Waals surface area (Å²) in [6, 6.07) is 1.80. The Morgan fingerprint density at radius 3 is 2.59 bits per heavy atom. The minimum atomic E-state index is -0.522. The zero-order chi connectivity index (χ0) is 21.2. The number of hydrogen-bond donors (Lipinski definition) is 0. The van der Waals surface area contributed by atoms with Gasteiger partial charge in [0.15, 0.2) is 5.15 Å². The Balaban J connectivity index is 1.78. The molecule has 2 aliphatic heterocycles. The highest BCUT2D eigenvalue weighted by atomic mass is 35.5. The van der Waals surface area contributed by atoms with Crippen molar-refractivity contribution in [3.8, 4) is 0 Å². The van der Waals surface area contributed by atoms with Crippen LogP contribution >= 0.6 is 11.6 Å². The Labute approximate surface area is 177 Å². The second kappa shape index (κ2) is 8.84. The number of allylic oxidation sites excluding steroid dienone is 2. The van der Waals surface area contributed by atoms with Crippen molar-refractivity contribution in [2.45, 2.75) is 64.1 Å². The summed E-state index contributed by atoms with van der Waals surface area (Å²) in [6.07, 6.45) is 4.76. The molecule has 0 aromatic carbocycles. The van der Waals surface area contributed by atoms with Gasteiger partial charge in [-0.3, -0.25) is 4.90 Å². The maximum Gasteiger partial charge on any atom is 0.410 e. The van der Waals surface area contributed by atoms with Crippen LogP contribution in [-0.4, -0.2) is 52.1 Å². The maximum atomic E-state index is 12.8. The van der Waals surface area contributed by atoms with Gasteiger partial charge in [0, 0.05) is 0 Å². The number of aromatic nitrogens is 2. The van der Waals surface area contributed by atoms with Gasteiger partial charge in [-0.25, -0.2) is 4.79 Å². The molecule has 29 heavy (non-hydrogen) atoms. The fourth-order valence-corrected chi connectivity index (χ4v) is 4.30. The predicted octanol–water partition coefficient (Wildman–Crippen LogP) is 4.68. The summed E-state index contributed by atoms with van der Waals surface area (Å²) in [5, 5.41) is 8.77. The normalized spacial score (nSPS) is 24.1. The summed E-state index contributed by atoms with van der Waals surface area (Å²) >= 11 is 6.07. The molecule has 0 aliphatic carbocycles. The molecule has 3 rings (SSSR count). The molecule has 2 unspecified atom stereocenters. The smallest absolute Gasteiger partial charge is 0.410 e. The summed E-state index contributed by atoms with van der Waals surface area (Å²) in [7, 11) is 0. The van der Waals surface area contributed by atoms with Crippen molar-refractivity contribution in [3.05, 3.63) is 41.7 Å². The zero-order valence-corrected chi connectivity index (χ0v) is 18.2. The SMILES string of the molecule is C=CCCc1cc(Cl)nnc1C(=C)C1CC2COCC(C1)N2C(=O)OC(C)(C)C. The molecular weight excluding hydrogens is 390 g/mol. The lowest BCUT2D eigenvalue weighted by atomic mass is 9.79. The summed E-state index contributed by atoms with van der Waals surface area (Å²) in [5.41, 5.74) is 2.27. The zero-order valence-electron chi connectivity index (χ0n) is 17.5.